The van der Waals surface area contributed by atoms with Crippen molar-refractivity contribution in [1.82, 2.24) is 10.3 Å². The highest BCUT2D eigenvalue weighted by atomic mass is 35.5. The van der Waals surface area contributed by atoms with E-state index in [9.17, 15) is 0 Å². The van der Waals surface area contributed by atoms with E-state index in [0.717, 1.165) is 17.1 Å². The summed E-state index contributed by atoms with van der Waals surface area (Å²) in [6.45, 7) is 2.93. The molecule has 0 amide bonds. The fourth-order valence-electron chi connectivity index (χ4n) is 2.54. The molecule has 1 N–H and O–H groups in total. The summed E-state index contributed by atoms with van der Waals surface area (Å²) < 4.78 is 0. The largest absolute Gasteiger partial charge is 0.306 e. The van der Waals surface area contributed by atoms with Crippen molar-refractivity contribution in [2.24, 2.45) is 0 Å². The van der Waals surface area contributed by atoms with Crippen molar-refractivity contribution in [3.63, 3.8) is 0 Å². The predicted octanol–water partition coefficient (Wildman–Crippen LogP) is 4.74. The number of halogens is 1. The first-order valence-electron chi connectivity index (χ1n) is 7.05. The third-order valence-electron chi connectivity index (χ3n) is 3.74. The number of fused-ring (bicyclic) bond motifs is 1. The Morgan fingerprint density at radius 2 is 1.95 bits per heavy atom. The lowest BCUT2D eigenvalue weighted by Crippen LogP contribution is -2.18. The molecule has 0 aliphatic heterocycles. The molecule has 0 aliphatic rings. The van der Waals surface area contributed by atoms with Crippen LogP contribution in [0, 0.1) is 0 Å². The van der Waals surface area contributed by atoms with E-state index in [4.69, 9.17) is 11.6 Å². The van der Waals surface area contributed by atoms with Gasteiger partial charge in [-0.15, -0.1) is 0 Å². The molecule has 0 fully saturated rings. The zero-order valence-corrected chi connectivity index (χ0v) is 12.6. The van der Waals surface area contributed by atoms with Crippen molar-refractivity contribution in [3.8, 4) is 0 Å². The van der Waals surface area contributed by atoms with Gasteiger partial charge in [-0.05, 0) is 35.6 Å². The molecular weight excluding hydrogens is 280 g/mol. The number of pyridine rings is 1. The van der Waals surface area contributed by atoms with Crippen LogP contribution < -0.4 is 5.32 Å². The number of hydrogen-bond donors (Lipinski definition) is 1. The minimum atomic E-state index is 0.204. The van der Waals surface area contributed by atoms with Crippen LogP contribution in [-0.4, -0.2) is 4.98 Å². The summed E-state index contributed by atoms with van der Waals surface area (Å²) in [4.78, 5) is 4.17. The second-order valence-electron chi connectivity index (χ2n) is 5.14. The first-order chi connectivity index (χ1) is 10.3. The average Bonchev–Trinajstić information content (AvgIpc) is 2.53. The number of nitrogens with one attached hydrogen (secondary N) is 1. The van der Waals surface area contributed by atoms with Crippen molar-refractivity contribution in [1.29, 1.82) is 0 Å². The molecule has 3 rings (SSSR count). The molecule has 1 unspecified atom stereocenters. The minimum absolute atomic E-state index is 0.204. The topological polar surface area (TPSA) is 24.9 Å². The molecule has 0 aliphatic carbocycles. The summed E-state index contributed by atoms with van der Waals surface area (Å²) in [5.74, 6) is 0. The van der Waals surface area contributed by atoms with Crippen LogP contribution in [0.5, 0.6) is 0 Å². The first kappa shape index (κ1) is 14.1. The van der Waals surface area contributed by atoms with Crippen LogP contribution in [-0.2, 0) is 6.54 Å². The zero-order valence-electron chi connectivity index (χ0n) is 11.9. The molecule has 1 aromatic heterocycles. The van der Waals surface area contributed by atoms with Gasteiger partial charge in [0.05, 0.1) is 0 Å². The maximum Gasteiger partial charge on any atom is 0.0453 e. The summed E-state index contributed by atoms with van der Waals surface area (Å²) in [5.41, 5.74) is 2.40. The number of aromatic nitrogens is 1. The second kappa shape index (κ2) is 6.25. The normalized spacial score (nSPS) is 12.5. The highest BCUT2D eigenvalue weighted by molar-refractivity contribution is 6.31. The molecule has 1 heterocycles. The van der Waals surface area contributed by atoms with Gasteiger partial charge < -0.3 is 5.32 Å². The van der Waals surface area contributed by atoms with Gasteiger partial charge in [-0.1, -0.05) is 48.0 Å². The van der Waals surface area contributed by atoms with Gasteiger partial charge >= 0.3 is 0 Å². The summed E-state index contributed by atoms with van der Waals surface area (Å²) in [6, 6.07) is 16.5. The lowest BCUT2D eigenvalue weighted by atomic mass is 10.0. The Morgan fingerprint density at radius 3 is 2.81 bits per heavy atom. The monoisotopic (exact) mass is 296 g/mol. The van der Waals surface area contributed by atoms with Gasteiger partial charge in [0.25, 0.3) is 0 Å². The number of benzene rings is 2. The molecule has 1 atom stereocenters. The third-order valence-corrected chi connectivity index (χ3v) is 4.09. The minimum Gasteiger partial charge on any atom is -0.306 e. The van der Waals surface area contributed by atoms with Crippen LogP contribution >= 0.6 is 11.6 Å². The van der Waals surface area contributed by atoms with E-state index < -0.39 is 0 Å². The van der Waals surface area contributed by atoms with E-state index in [1.807, 2.05) is 30.6 Å². The van der Waals surface area contributed by atoms with Gasteiger partial charge in [-0.3, -0.25) is 4.98 Å². The molecule has 0 saturated carbocycles. The highest BCUT2D eigenvalue weighted by Gasteiger charge is 2.09. The van der Waals surface area contributed by atoms with E-state index in [0.29, 0.717) is 0 Å². The molecule has 3 heteroatoms. The van der Waals surface area contributed by atoms with Crippen molar-refractivity contribution in [2.45, 2.75) is 19.5 Å². The van der Waals surface area contributed by atoms with Crippen molar-refractivity contribution in [2.75, 3.05) is 0 Å². The number of nitrogens with zero attached hydrogens (tertiary/aromatic N) is 1. The number of rotatable bonds is 4. The van der Waals surface area contributed by atoms with Crippen LogP contribution in [0.25, 0.3) is 10.8 Å². The standard InChI is InChI=1S/C18H17ClN2/c1-13(16-7-2-3-8-18(16)19)21-12-15-6-4-5-14-11-20-10-9-17(14)15/h2-11,13,21H,12H2,1H3. The molecule has 0 saturated heterocycles. The molecule has 106 valence electrons. The molecular formula is C18H17ClN2. The Balaban J connectivity index is 1.79. The fraction of sp³-hybridized carbons (Fsp3) is 0.167. The Morgan fingerprint density at radius 1 is 1.10 bits per heavy atom. The Kier molecular flexibility index (Phi) is 4.18. The van der Waals surface area contributed by atoms with E-state index in [2.05, 4.69) is 47.6 Å². The number of hydrogen-bond acceptors (Lipinski definition) is 2. The van der Waals surface area contributed by atoms with Crippen LogP contribution in [0.1, 0.15) is 24.1 Å². The summed E-state index contributed by atoms with van der Waals surface area (Å²) in [7, 11) is 0. The molecule has 3 aromatic rings. The van der Waals surface area contributed by atoms with Gasteiger partial charge in [-0.25, -0.2) is 0 Å². The van der Waals surface area contributed by atoms with Crippen LogP contribution in [0.3, 0.4) is 0 Å². The lowest BCUT2D eigenvalue weighted by molar-refractivity contribution is 0.576. The van der Waals surface area contributed by atoms with Gasteiger partial charge in [0.15, 0.2) is 0 Å². The predicted molar refractivity (Wildman–Crippen MR) is 88.4 cm³/mol. The van der Waals surface area contributed by atoms with Crippen LogP contribution in [0.2, 0.25) is 5.02 Å². The van der Waals surface area contributed by atoms with Crippen molar-refractivity contribution >= 4 is 22.4 Å². The summed E-state index contributed by atoms with van der Waals surface area (Å²) >= 11 is 6.25. The first-order valence-corrected chi connectivity index (χ1v) is 7.43. The third kappa shape index (κ3) is 3.07. The maximum atomic E-state index is 6.25. The van der Waals surface area contributed by atoms with E-state index in [-0.39, 0.29) is 6.04 Å². The maximum absolute atomic E-state index is 6.25. The van der Waals surface area contributed by atoms with Gasteiger partial charge in [0.1, 0.15) is 0 Å². The van der Waals surface area contributed by atoms with Crippen LogP contribution in [0.15, 0.2) is 60.9 Å². The van der Waals surface area contributed by atoms with Crippen molar-refractivity contribution in [3.05, 3.63) is 77.1 Å². The molecule has 2 aromatic carbocycles. The quantitative estimate of drug-likeness (QED) is 0.752. The van der Waals surface area contributed by atoms with Gasteiger partial charge in [0.2, 0.25) is 0 Å². The average molecular weight is 297 g/mol. The zero-order chi connectivity index (χ0) is 14.7. The fourth-order valence-corrected chi connectivity index (χ4v) is 2.84. The smallest absolute Gasteiger partial charge is 0.0453 e. The van der Waals surface area contributed by atoms with Gasteiger partial charge in [-0.2, -0.15) is 0 Å². The Bertz CT molecular complexity index is 750. The summed E-state index contributed by atoms with van der Waals surface area (Å²) in [5, 5.41) is 6.76. The lowest BCUT2D eigenvalue weighted by Gasteiger charge is -2.16. The van der Waals surface area contributed by atoms with E-state index >= 15 is 0 Å². The molecule has 2 nitrogen and oxygen atoms in total. The Labute approximate surface area is 129 Å². The van der Waals surface area contributed by atoms with Crippen LogP contribution in [0.4, 0.5) is 0 Å². The molecule has 0 bridgehead atoms. The SMILES string of the molecule is CC(NCc1cccc2cnccc12)c1ccccc1Cl. The van der Waals surface area contributed by atoms with Crippen molar-refractivity contribution < 1.29 is 0 Å². The Hall–Kier alpha value is -1.90. The molecule has 0 spiro atoms. The molecule has 21 heavy (non-hydrogen) atoms. The summed E-state index contributed by atoms with van der Waals surface area (Å²) in [6.07, 6.45) is 3.74. The van der Waals surface area contributed by atoms with Gasteiger partial charge in [0, 0.05) is 35.4 Å². The molecule has 0 radical (unpaired) electrons. The van der Waals surface area contributed by atoms with E-state index in [1.54, 1.807) is 0 Å². The second-order valence-corrected chi connectivity index (χ2v) is 5.55. The van der Waals surface area contributed by atoms with E-state index in [1.165, 1.54) is 16.3 Å². The highest BCUT2D eigenvalue weighted by Crippen LogP contribution is 2.23.